The van der Waals surface area contributed by atoms with E-state index >= 15 is 0 Å². The van der Waals surface area contributed by atoms with Gasteiger partial charge in [-0.15, -0.1) is 0 Å². The van der Waals surface area contributed by atoms with Crippen molar-refractivity contribution in [2.75, 3.05) is 12.4 Å². The highest BCUT2D eigenvalue weighted by Crippen LogP contribution is 2.17. The number of rotatable bonds is 5. The SMILES string of the molecule is COc1ccc(CC(=O)Nc2cc(C)nn2-c2nc3c(cnn3C)c(=O)[nH]2)cc1. The van der Waals surface area contributed by atoms with Gasteiger partial charge in [0.05, 0.1) is 25.4 Å². The van der Waals surface area contributed by atoms with Crippen LogP contribution in [0.2, 0.25) is 0 Å². The van der Waals surface area contributed by atoms with Crippen LogP contribution in [0.5, 0.6) is 5.75 Å². The van der Waals surface area contributed by atoms with E-state index in [1.165, 1.54) is 15.6 Å². The van der Waals surface area contributed by atoms with E-state index in [1.54, 1.807) is 39.3 Å². The molecule has 10 nitrogen and oxygen atoms in total. The highest BCUT2D eigenvalue weighted by molar-refractivity contribution is 5.91. The molecule has 4 rings (SSSR count). The number of benzene rings is 1. The van der Waals surface area contributed by atoms with Gasteiger partial charge in [-0.25, -0.2) is 0 Å². The Bertz CT molecular complexity index is 1250. The molecule has 1 amide bonds. The molecule has 0 aliphatic heterocycles. The second-order valence-corrected chi connectivity index (χ2v) is 6.55. The van der Waals surface area contributed by atoms with E-state index < -0.39 is 0 Å². The molecule has 0 fully saturated rings. The number of nitrogens with zero attached hydrogens (tertiary/aromatic N) is 5. The molecule has 0 radical (unpaired) electrons. The summed E-state index contributed by atoms with van der Waals surface area (Å²) in [6.07, 6.45) is 1.63. The molecule has 148 valence electrons. The summed E-state index contributed by atoms with van der Waals surface area (Å²) in [5, 5.41) is 11.6. The van der Waals surface area contributed by atoms with E-state index in [2.05, 4.69) is 25.5 Å². The predicted molar refractivity (Wildman–Crippen MR) is 106 cm³/mol. The van der Waals surface area contributed by atoms with Crippen LogP contribution in [0.3, 0.4) is 0 Å². The molecule has 3 aromatic heterocycles. The van der Waals surface area contributed by atoms with Gasteiger partial charge >= 0.3 is 0 Å². The first kappa shape index (κ1) is 18.4. The van der Waals surface area contributed by atoms with Crippen LogP contribution in [0.15, 0.2) is 41.3 Å². The Morgan fingerprint density at radius 1 is 1.28 bits per heavy atom. The second kappa shape index (κ2) is 7.23. The van der Waals surface area contributed by atoms with Gasteiger partial charge in [-0.3, -0.25) is 19.3 Å². The summed E-state index contributed by atoms with van der Waals surface area (Å²) in [5.41, 5.74) is 1.60. The van der Waals surface area contributed by atoms with E-state index in [-0.39, 0.29) is 23.8 Å². The molecule has 10 heteroatoms. The normalized spacial score (nSPS) is 11.0. The Morgan fingerprint density at radius 2 is 2.03 bits per heavy atom. The summed E-state index contributed by atoms with van der Waals surface area (Å²) < 4.78 is 8.03. The van der Waals surface area contributed by atoms with Gasteiger partial charge < -0.3 is 10.1 Å². The van der Waals surface area contributed by atoms with Crippen LogP contribution < -0.4 is 15.6 Å². The quantitative estimate of drug-likeness (QED) is 0.528. The predicted octanol–water partition coefficient (Wildman–Crippen LogP) is 1.34. The summed E-state index contributed by atoms with van der Waals surface area (Å²) in [4.78, 5) is 32.0. The number of hydrogen-bond acceptors (Lipinski definition) is 6. The van der Waals surface area contributed by atoms with Crippen molar-refractivity contribution >= 4 is 22.8 Å². The second-order valence-electron chi connectivity index (χ2n) is 6.55. The lowest BCUT2D eigenvalue weighted by molar-refractivity contribution is -0.115. The number of amides is 1. The van der Waals surface area contributed by atoms with E-state index in [0.29, 0.717) is 22.5 Å². The molecule has 0 saturated carbocycles. The van der Waals surface area contributed by atoms with Gasteiger partial charge in [0.1, 0.15) is 17.0 Å². The van der Waals surface area contributed by atoms with Crippen molar-refractivity contribution in [2.24, 2.45) is 7.05 Å². The largest absolute Gasteiger partial charge is 0.497 e. The number of methoxy groups -OCH3 is 1. The number of anilines is 1. The van der Waals surface area contributed by atoms with Gasteiger partial charge in [-0.2, -0.15) is 19.9 Å². The third-order valence-corrected chi connectivity index (χ3v) is 4.41. The topological polar surface area (TPSA) is 120 Å². The fourth-order valence-electron chi connectivity index (χ4n) is 2.99. The molecule has 1 aromatic carbocycles. The molecule has 0 atom stereocenters. The number of H-pyrrole nitrogens is 1. The van der Waals surface area contributed by atoms with Crippen molar-refractivity contribution in [3.63, 3.8) is 0 Å². The van der Waals surface area contributed by atoms with E-state index in [1.807, 2.05) is 12.1 Å². The average molecular weight is 393 g/mol. The van der Waals surface area contributed by atoms with Crippen LogP contribution >= 0.6 is 0 Å². The maximum atomic E-state index is 12.5. The maximum absolute atomic E-state index is 12.5. The standard InChI is InChI=1S/C19H19N7O3/c1-11-8-15(21-16(27)9-12-4-6-13(29-3)7-5-12)26(24-11)19-22-17-14(18(28)23-19)10-20-25(17)2/h4-8,10H,9H2,1-3H3,(H,21,27)(H,22,23,28). The van der Waals surface area contributed by atoms with Crippen molar-refractivity contribution < 1.29 is 9.53 Å². The van der Waals surface area contributed by atoms with Crippen LogP contribution in [0.25, 0.3) is 17.0 Å². The van der Waals surface area contributed by atoms with Crippen LogP contribution in [0, 0.1) is 6.92 Å². The highest BCUT2D eigenvalue weighted by atomic mass is 16.5. The van der Waals surface area contributed by atoms with Crippen LogP contribution in [-0.4, -0.2) is 42.5 Å². The van der Waals surface area contributed by atoms with Crippen LogP contribution in [-0.2, 0) is 18.3 Å². The molecule has 0 aliphatic carbocycles. The fraction of sp³-hybridized carbons (Fsp3) is 0.211. The first-order valence-corrected chi connectivity index (χ1v) is 8.86. The third-order valence-electron chi connectivity index (χ3n) is 4.41. The number of carbonyl (C=O) groups excluding carboxylic acids is 1. The monoisotopic (exact) mass is 393 g/mol. The Labute approximate surface area is 165 Å². The Morgan fingerprint density at radius 3 is 2.76 bits per heavy atom. The Hall–Kier alpha value is -3.95. The number of aromatic amines is 1. The third kappa shape index (κ3) is 3.59. The molecule has 0 spiro atoms. The van der Waals surface area contributed by atoms with Crippen molar-refractivity contribution in [3.8, 4) is 11.7 Å². The van der Waals surface area contributed by atoms with Gasteiger partial charge in [0.2, 0.25) is 11.9 Å². The zero-order chi connectivity index (χ0) is 20.5. The van der Waals surface area contributed by atoms with Crippen molar-refractivity contribution in [1.82, 2.24) is 29.5 Å². The number of nitrogens with one attached hydrogen (secondary N) is 2. The number of aromatic nitrogens is 6. The summed E-state index contributed by atoms with van der Waals surface area (Å²) in [7, 11) is 3.29. The molecular formula is C19H19N7O3. The van der Waals surface area contributed by atoms with Crippen molar-refractivity contribution in [1.29, 1.82) is 0 Å². The van der Waals surface area contributed by atoms with Gasteiger partial charge in [0, 0.05) is 13.1 Å². The zero-order valence-corrected chi connectivity index (χ0v) is 16.1. The molecule has 0 unspecified atom stereocenters. The van der Waals surface area contributed by atoms with Crippen LogP contribution in [0.1, 0.15) is 11.3 Å². The summed E-state index contributed by atoms with van der Waals surface area (Å²) >= 11 is 0. The lowest BCUT2D eigenvalue weighted by Crippen LogP contribution is -2.20. The number of aryl methyl sites for hydroxylation is 2. The minimum absolute atomic E-state index is 0.179. The number of carbonyl (C=O) groups is 1. The minimum atomic E-state index is -0.332. The molecule has 0 bridgehead atoms. The summed E-state index contributed by atoms with van der Waals surface area (Å²) in [6, 6.07) is 8.97. The van der Waals surface area contributed by atoms with E-state index in [0.717, 1.165) is 11.3 Å². The van der Waals surface area contributed by atoms with Gasteiger partial charge in [0.25, 0.3) is 5.56 Å². The Kier molecular flexibility index (Phi) is 4.59. The zero-order valence-electron chi connectivity index (χ0n) is 16.1. The summed E-state index contributed by atoms with van der Waals surface area (Å²) in [5.74, 6) is 1.10. The molecule has 3 heterocycles. The fourth-order valence-corrected chi connectivity index (χ4v) is 2.99. The molecule has 0 aliphatic rings. The average Bonchev–Trinajstić information content (AvgIpc) is 3.25. The van der Waals surface area contributed by atoms with Crippen molar-refractivity contribution in [3.05, 3.63) is 58.1 Å². The van der Waals surface area contributed by atoms with Gasteiger partial charge in [-0.05, 0) is 24.6 Å². The molecular weight excluding hydrogens is 374 g/mol. The first-order chi connectivity index (χ1) is 13.9. The molecule has 29 heavy (non-hydrogen) atoms. The van der Waals surface area contributed by atoms with Crippen LogP contribution in [0.4, 0.5) is 5.82 Å². The van der Waals surface area contributed by atoms with Gasteiger partial charge in [0.15, 0.2) is 5.65 Å². The van der Waals surface area contributed by atoms with Crippen molar-refractivity contribution in [2.45, 2.75) is 13.3 Å². The van der Waals surface area contributed by atoms with E-state index in [9.17, 15) is 9.59 Å². The maximum Gasteiger partial charge on any atom is 0.263 e. The number of ether oxygens (including phenoxy) is 1. The minimum Gasteiger partial charge on any atom is -0.497 e. The number of hydrogen-bond donors (Lipinski definition) is 2. The van der Waals surface area contributed by atoms with Gasteiger partial charge in [-0.1, -0.05) is 12.1 Å². The van der Waals surface area contributed by atoms with E-state index in [4.69, 9.17) is 4.74 Å². The highest BCUT2D eigenvalue weighted by Gasteiger charge is 2.15. The molecule has 2 N–H and O–H groups in total. The Balaban J connectivity index is 1.62. The lowest BCUT2D eigenvalue weighted by atomic mass is 10.1. The molecule has 0 saturated heterocycles. The number of fused-ring (bicyclic) bond motifs is 1. The first-order valence-electron chi connectivity index (χ1n) is 8.86. The lowest BCUT2D eigenvalue weighted by Gasteiger charge is -2.09. The molecule has 4 aromatic rings. The smallest absolute Gasteiger partial charge is 0.263 e. The summed E-state index contributed by atoms with van der Waals surface area (Å²) in [6.45, 7) is 1.79.